The molecule has 0 radical (unpaired) electrons. The van der Waals surface area contributed by atoms with Crippen molar-refractivity contribution in [1.29, 1.82) is 0 Å². The lowest BCUT2D eigenvalue weighted by Gasteiger charge is -2.29. The highest BCUT2D eigenvalue weighted by atomic mass is 16.1. The molecule has 31 heavy (non-hydrogen) atoms. The van der Waals surface area contributed by atoms with Gasteiger partial charge < -0.3 is 15.5 Å². The molecule has 3 N–H and O–H groups in total. The molecule has 1 aliphatic heterocycles. The molecular weight excluding hydrogens is 386 g/mol. The SMILES string of the molecule is O=C(Nc1n[nH]c2ccc(Cc3ccccc3)cc12)c1ccc(N2CCNCC2)cc1. The number of H-pyrrole nitrogens is 1. The number of carbonyl (C=O) groups excluding carboxylic acids is 1. The number of nitrogens with one attached hydrogen (secondary N) is 3. The van der Waals surface area contributed by atoms with Gasteiger partial charge in [0.15, 0.2) is 5.82 Å². The molecule has 0 atom stereocenters. The van der Waals surface area contributed by atoms with Gasteiger partial charge in [-0.15, -0.1) is 0 Å². The molecule has 0 bridgehead atoms. The van der Waals surface area contributed by atoms with Crippen LogP contribution in [0.1, 0.15) is 21.5 Å². The molecule has 5 rings (SSSR count). The second-order valence-electron chi connectivity index (χ2n) is 7.85. The Bertz CT molecular complexity index is 1180. The molecule has 0 spiro atoms. The van der Waals surface area contributed by atoms with E-state index in [1.165, 1.54) is 11.1 Å². The zero-order valence-corrected chi connectivity index (χ0v) is 17.3. The van der Waals surface area contributed by atoms with Crippen molar-refractivity contribution in [3.8, 4) is 0 Å². The minimum atomic E-state index is -0.159. The molecule has 6 nitrogen and oxygen atoms in total. The summed E-state index contributed by atoms with van der Waals surface area (Å²) in [5, 5.41) is 14.6. The van der Waals surface area contributed by atoms with E-state index < -0.39 is 0 Å². The molecule has 0 unspecified atom stereocenters. The van der Waals surface area contributed by atoms with E-state index in [-0.39, 0.29) is 5.91 Å². The van der Waals surface area contributed by atoms with Gasteiger partial charge in [0.2, 0.25) is 0 Å². The fraction of sp³-hybridized carbons (Fsp3) is 0.200. The summed E-state index contributed by atoms with van der Waals surface area (Å²) in [6.07, 6.45) is 0.836. The monoisotopic (exact) mass is 411 g/mol. The largest absolute Gasteiger partial charge is 0.369 e. The van der Waals surface area contributed by atoms with E-state index in [0.717, 1.165) is 49.2 Å². The van der Waals surface area contributed by atoms with Crippen molar-refractivity contribution in [3.05, 3.63) is 89.5 Å². The molecule has 6 heteroatoms. The van der Waals surface area contributed by atoms with Gasteiger partial charge in [0.25, 0.3) is 5.91 Å². The lowest BCUT2D eigenvalue weighted by molar-refractivity contribution is 0.102. The number of nitrogens with zero attached hydrogens (tertiary/aromatic N) is 2. The number of rotatable bonds is 5. The topological polar surface area (TPSA) is 73.0 Å². The van der Waals surface area contributed by atoms with Crippen LogP contribution in [0.25, 0.3) is 10.9 Å². The van der Waals surface area contributed by atoms with Crippen LogP contribution in [0.4, 0.5) is 11.5 Å². The molecule has 0 saturated carbocycles. The Kier molecular flexibility index (Phi) is 5.37. The summed E-state index contributed by atoms with van der Waals surface area (Å²) in [6.45, 7) is 3.94. The van der Waals surface area contributed by atoms with Crippen molar-refractivity contribution >= 4 is 28.3 Å². The Labute approximate surface area is 181 Å². The number of anilines is 2. The highest BCUT2D eigenvalue weighted by Gasteiger charge is 2.14. The van der Waals surface area contributed by atoms with Gasteiger partial charge in [-0.25, -0.2) is 0 Å². The van der Waals surface area contributed by atoms with Crippen molar-refractivity contribution in [2.45, 2.75) is 6.42 Å². The normalized spacial score (nSPS) is 14.0. The molecule has 1 amide bonds. The van der Waals surface area contributed by atoms with Crippen LogP contribution in [0, 0.1) is 0 Å². The molecule has 0 aliphatic carbocycles. The number of aromatic amines is 1. The van der Waals surface area contributed by atoms with E-state index in [2.05, 4.69) is 50.0 Å². The Hall–Kier alpha value is -3.64. The molecule has 4 aromatic rings. The van der Waals surface area contributed by atoms with Crippen molar-refractivity contribution in [1.82, 2.24) is 15.5 Å². The first-order chi connectivity index (χ1) is 15.3. The smallest absolute Gasteiger partial charge is 0.256 e. The first kappa shape index (κ1) is 19.3. The zero-order chi connectivity index (χ0) is 21.0. The van der Waals surface area contributed by atoms with Crippen molar-refractivity contribution in [2.24, 2.45) is 0 Å². The van der Waals surface area contributed by atoms with E-state index in [9.17, 15) is 4.79 Å². The van der Waals surface area contributed by atoms with Gasteiger partial charge >= 0.3 is 0 Å². The van der Waals surface area contributed by atoms with E-state index in [4.69, 9.17) is 0 Å². The molecular formula is C25H25N5O. The number of benzene rings is 3. The summed E-state index contributed by atoms with van der Waals surface area (Å²) in [5.41, 5.74) is 5.10. The van der Waals surface area contributed by atoms with Gasteiger partial charge in [-0.1, -0.05) is 36.4 Å². The molecule has 1 fully saturated rings. The number of hydrogen-bond acceptors (Lipinski definition) is 4. The van der Waals surface area contributed by atoms with Crippen LogP contribution in [0.3, 0.4) is 0 Å². The van der Waals surface area contributed by atoms with Gasteiger partial charge in [0, 0.05) is 42.8 Å². The molecule has 1 saturated heterocycles. The highest BCUT2D eigenvalue weighted by Crippen LogP contribution is 2.24. The first-order valence-corrected chi connectivity index (χ1v) is 10.6. The van der Waals surface area contributed by atoms with Crippen LogP contribution in [-0.2, 0) is 6.42 Å². The van der Waals surface area contributed by atoms with Gasteiger partial charge in [-0.05, 0) is 53.9 Å². The number of fused-ring (bicyclic) bond motifs is 1. The summed E-state index contributed by atoms with van der Waals surface area (Å²) < 4.78 is 0. The predicted molar refractivity (Wildman–Crippen MR) is 125 cm³/mol. The predicted octanol–water partition coefficient (Wildman–Crippen LogP) is 3.82. The average Bonchev–Trinajstić information content (AvgIpc) is 3.22. The third kappa shape index (κ3) is 4.29. The average molecular weight is 412 g/mol. The van der Waals surface area contributed by atoms with Crippen molar-refractivity contribution < 1.29 is 4.79 Å². The van der Waals surface area contributed by atoms with Gasteiger partial charge in [0.05, 0.1) is 5.52 Å². The van der Waals surface area contributed by atoms with Crippen LogP contribution < -0.4 is 15.5 Å². The fourth-order valence-electron chi connectivity index (χ4n) is 4.02. The summed E-state index contributed by atoms with van der Waals surface area (Å²) >= 11 is 0. The maximum absolute atomic E-state index is 12.8. The van der Waals surface area contributed by atoms with Crippen LogP contribution in [0.15, 0.2) is 72.8 Å². The van der Waals surface area contributed by atoms with Crippen LogP contribution in [0.5, 0.6) is 0 Å². The third-order valence-corrected chi connectivity index (χ3v) is 5.72. The number of amides is 1. The van der Waals surface area contributed by atoms with E-state index in [1.54, 1.807) is 0 Å². The Morgan fingerprint density at radius 3 is 2.48 bits per heavy atom. The number of hydrogen-bond donors (Lipinski definition) is 3. The van der Waals surface area contributed by atoms with E-state index in [0.29, 0.717) is 11.4 Å². The highest BCUT2D eigenvalue weighted by molar-refractivity contribution is 6.08. The zero-order valence-electron chi connectivity index (χ0n) is 17.3. The number of piperazine rings is 1. The molecule has 156 valence electrons. The second kappa shape index (κ2) is 8.62. The van der Waals surface area contributed by atoms with Crippen LogP contribution in [0.2, 0.25) is 0 Å². The quantitative estimate of drug-likeness (QED) is 0.467. The van der Waals surface area contributed by atoms with Gasteiger partial charge in [0.1, 0.15) is 0 Å². The van der Waals surface area contributed by atoms with Crippen LogP contribution >= 0.6 is 0 Å². The summed E-state index contributed by atoms with van der Waals surface area (Å²) in [7, 11) is 0. The van der Waals surface area contributed by atoms with Gasteiger partial charge in [-0.3, -0.25) is 9.89 Å². The molecule has 1 aliphatic rings. The second-order valence-corrected chi connectivity index (χ2v) is 7.85. The molecule has 1 aromatic heterocycles. The maximum Gasteiger partial charge on any atom is 0.256 e. The standard InChI is InChI=1S/C25H25N5O/c31-25(20-7-9-21(10-8-20)30-14-12-26-13-15-30)27-24-22-17-19(6-11-23(22)28-29-24)16-18-4-2-1-3-5-18/h1-11,17,26H,12-16H2,(H2,27,28,29,31). The molecule has 3 aromatic carbocycles. The van der Waals surface area contributed by atoms with E-state index >= 15 is 0 Å². The minimum absolute atomic E-state index is 0.159. The van der Waals surface area contributed by atoms with E-state index in [1.807, 2.05) is 48.5 Å². The van der Waals surface area contributed by atoms with Crippen molar-refractivity contribution in [2.75, 3.05) is 36.4 Å². The summed E-state index contributed by atoms with van der Waals surface area (Å²) in [6, 6.07) is 24.3. The minimum Gasteiger partial charge on any atom is -0.369 e. The fourth-order valence-corrected chi connectivity index (χ4v) is 4.02. The maximum atomic E-state index is 12.8. The Morgan fingerprint density at radius 1 is 0.935 bits per heavy atom. The Balaban J connectivity index is 1.32. The third-order valence-electron chi connectivity index (χ3n) is 5.72. The van der Waals surface area contributed by atoms with Crippen LogP contribution in [-0.4, -0.2) is 42.3 Å². The Morgan fingerprint density at radius 2 is 1.71 bits per heavy atom. The number of carbonyl (C=O) groups is 1. The molecule has 2 heterocycles. The summed E-state index contributed by atoms with van der Waals surface area (Å²) in [4.78, 5) is 15.2. The lowest BCUT2D eigenvalue weighted by Crippen LogP contribution is -2.43. The van der Waals surface area contributed by atoms with Gasteiger partial charge in [-0.2, -0.15) is 5.10 Å². The number of aromatic nitrogens is 2. The van der Waals surface area contributed by atoms with Crippen molar-refractivity contribution in [3.63, 3.8) is 0 Å². The lowest BCUT2D eigenvalue weighted by atomic mass is 10.0. The summed E-state index contributed by atoms with van der Waals surface area (Å²) in [5.74, 6) is 0.398. The first-order valence-electron chi connectivity index (χ1n) is 10.6.